The lowest BCUT2D eigenvalue weighted by Gasteiger charge is -2.09. The minimum atomic E-state index is 0.329. The Bertz CT molecular complexity index is 93.8. The van der Waals surface area contributed by atoms with Crippen molar-refractivity contribution in [2.24, 2.45) is 5.92 Å². The van der Waals surface area contributed by atoms with Gasteiger partial charge in [-0.1, -0.05) is 20.3 Å². The van der Waals surface area contributed by atoms with Crippen molar-refractivity contribution in [2.75, 3.05) is 13.1 Å². The molecule has 2 heteroatoms. The summed E-state index contributed by atoms with van der Waals surface area (Å²) in [6, 6.07) is 0. The Kier molecular flexibility index (Phi) is 8.04. The fourth-order valence-corrected chi connectivity index (χ4v) is 1.16. The van der Waals surface area contributed by atoms with Gasteiger partial charge >= 0.3 is 0 Å². The summed E-state index contributed by atoms with van der Waals surface area (Å²) >= 11 is 5.82. The Morgan fingerprint density at radius 3 is 2.50 bits per heavy atom. The summed E-state index contributed by atoms with van der Waals surface area (Å²) in [4.78, 5) is 0. The van der Waals surface area contributed by atoms with Crippen LogP contribution in [0, 0.1) is 5.92 Å². The van der Waals surface area contributed by atoms with E-state index in [1.165, 1.54) is 12.8 Å². The summed E-state index contributed by atoms with van der Waals surface area (Å²) in [7, 11) is 0. The first-order chi connectivity index (χ1) is 5.66. The van der Waals surface area contributed by atoms with Crippen LogP contribution < -0.4 is 5.32 Å². The van der Waals surface area contributed by atoms with E-state index in [-0.39, 0.29) is 0 Å². The van der Waals surface area contributed by atoms with Crippen LogP contribution in [0.5, 0.6) is 0 Å². The third-order valence-corrected chi connectivity index (χ3v) is 2.36. The van der Waals surface area contributed by atoms with Gasteiger partial charge in [-0.25, -0.2) is 0 Å². The Morgan fingerprint density at radius 1 is 1.33 bits per heavy atom. The highest BCUT2D eigenvalue weighted by atomic mass is 35.5. The van der Waals surface area contributed by atoms with Gasteiger partial charge in [-0.15, -0.1) is 11.6 Å². The van der Waals surface area contributed by atoms with Crippen LogP contribution in [-0.4, -0.2) is 18.5 Å². The molecule has 2 unspecified atom stereocenters. The molecule has 0 radical (unpaired) electrons. The topological polar surface area (TPSA) is 12.0 Å². The first-order valence-electron chi connectivity index (χ1n) is 5.01. The average molecular weight is 192 g/mol. The van der Waals surface area contributed by atoms with Crippen LogP contribution in [0.15, 0.2) is 0 Å². The lowest BCUT2D eigenvalue weighted by atomic mass is 10.1. The molecule has 0 heterocycles. The molecule has 0 bridgehead atoms. The second-order valence-corrected chi connectivity index (χ2v) is 4.39. The Labute approximate surface area is 81.9 Å². The summed E-state index contributed by atoms with van der Waals surface area (Å²) in [6.07, 6.45) is 3.58. The van der Waals surface area contributed by atoms with E-state index in [1.54, 1.807) is 0 Å². The molecule has 0 fully saturated rings. The molecule has 0 aromatic carbocycles. The normalized spacial score (nSPS) is 16.0. The number of hydrogen-bond donors (Lipinski definition) is 1. The van der Waals surface area contributed by atoms with Gasteiger partial charge in [0.25, 0.3) is 0 Å². The van der Waals surface area contributed by atoms with Crippen molar-refractivity contribution in [1.29, 1.82) is 0 Å². The predicted octanol–water partition coefficient (Wildman–Crippen LogP) is 3.03. The largest absolute Gasteiger partial charge is 0.316 e. The van der Waals surface area contributed by atoms with Gasteiger partial charge in [0.1, 0.15) is 0 Å². The Morgan fingerprint density at radius 2 is 2.00 bits per heavy atom. The molecule has 0 aliphatic rings. The van der Waals surface area contributed by atoms with Crippen LogP contribution in [0.2, 0.25) is 0 Å². The van der Waals surface area contributed by atoms with E-state index in [0.29, 0.717) is 5.38 Å². The summed E-state index contributed by atoms with van der Waals surface area (Å²) < 4.78 is 0. The SMILES string of the molecule is CCC(C)CNCCCC(C)Cl. The Hall–Kier alpha value is 0.250. The minimum absolute atomic E-state index is 0.329. The lowest BCUT2D eigenvalue weighted by molar-refractivity contribution is 0.491. The van der Waals surface area contributed by atoms with E-state index >= 15 is 0 Å². The molecule has 0 spiro atoms. The molecule has 74 valence electrons. The minimum Gasteiger partial charge on any atom is -0.316 e. The van der Waals surface area contributed by atoms with Crippen LogP contribution in [0.25, 0.3) is 0 Å². The fraction of sp³-hybridized carbons (Fsp3) is 1.00. The van der Waals surface area contributed by atoms with Gasteiger partial charge in [-0.2, -0.15) is 0 Å². The van der Waals surface area contributed by atoms with Gasteiger partial charge in [0.15, 0.2) is 0 Å². The highest BCUT2D eigenvalue weighted by molar-refractivity contribution is 6.20. The van der Waals surface area contributed by atoms with Gasteiger partial charge in [0.05, 0.1) is 0 Å². The third-order valence-electron chi connectivity index (χ3n) is 2.15. The number of rotatable bonds is 7. The van der Waals surface area contributed by atoms with Crippen LogP contribution in [0.4, 0.5) is 0 Å². The van der Waals surface area contributed by atoms with Crippen LogP contribution in [-0.2, 0) is 0 Å². The van der Waals surface area contributed by atoms with E-state index in [0.717, 1.165) is 25.4 Å². The van der Waals surface area contributed by atoms with Crippen molar-refractivity contribution >= 4 is 11.6 Å². The summed E-state index contributed by atoms with van der Waals surface area (Å²) in [5.74, 6) is 0.804. The van der Waals surface area contributed by atoms with E-state index in [2.05, 4.69) is 26.1 Å². The van der Waals surface area contributed by atoms with Gasteiger partial charge in [0.2, 0.25) is 0 Å². The third kappa shape index (κ3) is 8.35. The zero-order chi connectivity index (χ0) is 9.40. The quantitative estimate of drug-likeness (QED) is 0.482. The van der Waals surface area contributed by atoms with Crippen molar-refractivity contribution in [2.45, 2.75) is 45.4 Å². The summed E-state index contributed by atoms with van der Waals surface area (Å²) in [5, 5.41) is 3.76. The van der Waals surface area contributed by atoms with Gasteiger partial charge < -0.3 is 5.32 Å². The summed E-state index contributed by atoms with van der Waals surface area (Å²) in [5.41, 5.74) is 0. The molecule has 0 aliphatic heterocycles. The molecule has 0 saturated heterocycles. The van der Waals surface area contributed by atoms with Crippen molar-refractivity contribution in [3.05, 3.63) is 0 Å². The molecule has 12 heavy (non-hydrogen) atoms. The van der Waals surface area contributed by atoms with E-state index in [1.807, 2.05) is 0 Å². The molecule has 1 N–H and O–H groups in total. The van der Waals surface area contributed by atoms with Crippen molar-refractivity contribution in [3.8, 4) is 0 Å². The molecule has 2 atom stereocenters. The fourth-order valence-electron chi connectivity index (χ4n) is 1.00. The van der Waals surface area contributed by atoms with Gasteiger partial charge in [0, 0.05) is 5.38 Å². The van der Waals surface area contributed by atoms with Crippen molar-refractivity contribution < 1.29 is 0 Å². The van der Waals surface area contributed by atoms with Crippen molar-refractivity contribution in [1.82, 2.24) is 5.32 Å². The average Bonchev–Trinajstić information content (AvgIpc) is 2.03. The number of alkyl halides is 1. The molecule has 0 amide bonds. The zero-order valence-corrected chi connectivity index (χ0v) is 9.32. The first kappa shape index (κ1) is 12.2. The van der Waals surface area contributed by atoms with Crippen LogP contribution >= 0.6 is 11.6 Å². The molecule has 0 aromatic heterocycles. The number of nitrogens with one attached hydrogen (secondary N) is 1. The number of hydrogen-bond acceptors (Lipinski definition) is 1. The maximum absolute atomic E-state index is 5.82. The molecule has 0 aromatic rings. The molecule has 0 saturated carbocycles. The molecule has 0 rings (SSSR count). The lowest BCUT2D eigenvalue weighted by Crippen LogP contribution is -2.22. The van der Waals surface area contributed by atoms with Crippen LogP contribution in [0.3, 0.4) is 0 Å². The monoisotopic (exact) mass is 191 g/mol. The maximum atomic E-state index is 5.82. The smallest absolute Gasteiger partial charge is 0.0308 e. The van der Waals surface area contributed by atoms with E-state index in [9.17, 15) is 0 Å². The molecule has 1 nitrogen and oxygen atoms in total. The predicted molar refractivity (Wildman–Crippen MR) is 56.9 cm³/mol. The van der Waals surface area contributed by atoms with E-state index < -0.39 is 0 Å². The highest BCUT2D eigenvalue weighted by Gasteiger charge is 1.98. The Balaban J connectivity index is 3.00. The van der Waals surface area contributed by atoms with Gasteiger partial charge in [-0.3, -0.25) is 0 Å². The maximum Gasteiger partial charge on any atom is 0.0308 e. The molecular weight excluding hydrogens is 170 g/mol. The standard InChI is InChI=1S/C10H22ClN/c1-4-9(2)8-12-7-5-6-10(3)11/h9-10,12H,4-8H2,1-3H3. The molecular formula is C10H22ClN. The molecule has 0 aliphatic carbocycles. The highest BCUT2D eigenvalue weighted by Crippen LogP contribution is 2.02. The summed E-state index contributed by atoms with van der Waals surface area (Å²) in [6.45, 7) is 8.81. The van der Waals surface area contributed by atoms with E-state index in [4.69, 9.17) is 11.6 Å². The first-order valence-corrected chi connectivity index (χ1v) is 5.45. The van der Waals surface area contributed by atoms with Crippen molar-refractivity contribution in [3.63, 3.8) is 0 Å². The van der Waals surface area contributed by atoms with Crippen LogP contribution in [0.1, 0.15) is 40.0 Å². The second kappa shape index (κ2) is 7.88. The second-order valence-electron chi connectivity index (χ2n) is 3.64. The zero-order valence-electron chi connectivity index (χ0n) is 8.57. The van der Waals surface area contributed by atoms with Gasteiger partial charge in [-0.05, 0) is 38.8 Å². The number of halogens is 1.